The Balaban J connectivity index is 1.85. The smallest absolute Gasteiger partial charge is 0.186 e. The maximum atomic E-state index is 5.03. The third-order valence-electron chi connectivity index (χ3n) is 4.52. The van der Waals surface area contributed by atoms with Gasteiger partial charge < -0.3 is 10.2 Å². The molecule has 0 saturated carbocycles. The summed E-state index contributed by atoms with van der Waals surface area (Å²) in [6.07, 6.45) is 3.77. The van der Waals surface area contributed by atoms with Crippen molar-refractivity contribution < 1.29 is 0 Å². The fourth-order valence-corrected chi connectivity index (χ4v) is 5.55. The van der Waals surface area contributed by atoms with E-state index in [-0.39, 0.29) is 0 Å². The largest absolute Gasteiger partial charge is 0.343 e. The van der Waals surface area contributed by atoms with Crippen LogP contribution >= 0.6 is 23.1 Å². The molecule has 3 unspecified atom stereocenters. The molecule has 3 rings (SSSR count). The third-order valence-corrected chi connectivity index (χ3v) is 7.03. The lowest BCUT2D eigenvalue weighted by atomic mass is 9.98. The van der Waals surface area contributed by atoms with Gasteiger partial charge in [-0.25, -0.2) is 4.98 Å². The standard InChI is InChI=1S/C15H25N3S2/c1-4-16-12-6-5-7-13-14(12)17-15(20-13)18-8-9-19-11(3)10(18)2/h10-12,16H,4-9H2,1-3H3. The lowest BCUT2D eigenvalue weighted by Gasteiger charge is -2.37. The minimum Gasteiger partial charge on any atom is -0.343 e. The Hall–Kier alpha value is -0.260. The van der Waals surface area contributed by atoms with Gasteiger partial charge in [-0.3, -0.25) is 0 Å². The number of aromatic nitrogens is 1. The lowest BCUT2D eigenvalue weighted by Crippen LogP contribution is -2.44. The highest BCUT2D eigenvalue weighted by atomic mass is 32.2. The molecule has 1 aromatic rings. The van der Waals surface area contributed by atoms with Gasteiger partial charge in [0.1, 0.15) is 0 Å². The minimum absolute atomic E-state index is 0.487. The molecule has 0 aromatic carbocycles. The van der Waals surface area contributed by atoms with E-state index in [4.69, 9.17) is 4.98 Å². The van der Waals surface area contributed by atoms with Crippen molar-refractivity contribution in [2.45, 2.75) is 57.4 Å². The zero-order valence-electron chi connectivity index (χ0n) is 12.7. The Morgan fingerprint density at radius 2 is 2.25 bits per heavy atom. The molecule has 3 atom stereocenters. The van der Waals surface area contributed by atoms with E-state index >= 15 is 0 Å². The van der Waals surface area contributed by atoms with Gasteiger partial charge in [0, 0.05) is 28.5 Å². The SMILES string of the molecule is CCNC1CCCc2sc(N3CCSC(C)C3C)nc21. The van der Waals surface area contributed by atoms with E-state index in [0.717, 1.165) is 13.1 Å². The number of hydrogen-bond acceptors (Lipinski definition) is 5. The molecule has 3 nitrogen and oxygen atoms in total. The van der Waals surface area contributed by atoms with E-state index in [2.05, 4.69) is 42.7 Å². The van der Waals surface area contributed by atoms with Gasteiger partial charge in [-0.05, 0) is 32.7 Å². The van der Waals surface area contributed by atoms with Crippen LogP contribution in [-0.2, 0) is 6.42 Å². The minimum atomic E-state index is 0.487. The molecule has 0 bridgehead atoms. The van der Waals surface area contributed by atoms with Gasteiger partial charge >= 0.3 is 0 Å². The molecule has 1 aliphatic carbocycles. The first-order valence-electron chi connectivity index (χ1n) is 7.82. The van der Waals surface area contributed by atoms with Gasteiger partial charge in [0.2, 0.25) is 0 Å². The molecule has 0 amide bonds. The number of thiazole rings is 1. The highest BCUT2D eigenvalue weighted by Gasteiger charge is 2.30. The molecule has 0 radical (unpaired) electrons. The Morgan fingerprint density at radius 3 is 3.05 bits per heavy atom. The molecular formula is C15H25N3S2. The van der Waals surface area contributed by atoms with Crippen molar-refractivity contribution in [3.63, 3.8) is 0 Å². The molecule has 0 spiro atoms. The second-order valence-corrected chi connectivity index (χ2v) is 8.36. The van der Waals surface area contributed by atoms with Crippen molar-refractivity contribution in [3.8, 4) is 0 Å². The predicted molar refractivity (Wildman–Crippen MR) is 90.2 cm³/mol. The van der Waals surface area contributed by atoms with Crippen molar-refractivity contribution in [2.75, 3.05) is 23.7 Å². The molecule has 112 valence electrons. The van der Waals surface area contributed by atoms with Crippen LogP contribution in [-0.4, -0.2) is 35.1 Å². The van der Waals surface area contributed by atoms with E-state index in [0.29, 0.717) is 17.3 Å². The second-order valence-electron chi connectivity index (χ2n) is 5.82. The van der Waals surface area contributed by atoms with Crippen molar-refractivity contribution in [1.82, 2.24) is 10.3 Å². The highest BCUT2D eigenvalue weighted by molar-refractivity contribution is 8.00. The molecule has 1 fully saturated rings. The summed E-state index contributed by atoms with van der Waals surface area (Å²) in [5.74, 6) is 1.23. The van der Waals surface area contributed by atoms with Crippen LogP contribution in [0.3, 0.4) is 0 Å². The number of hydrogen-bond donors (Lipinski definition) is 1. The Labute approximate surface area is 130 Å². The number of thioether (sulfide) groups is 1. The van der Waals surface area contributed by atoms with Crippen molar-refractivity contribution in [3.05, 3.63) is 10.6 Å². The van der Waals surface area contributed by atoms with Gasteiger partial charge in [0.25, 0.3) is 0 Å². The van der Waals surface area contributed by atoms with Crippen molar-refractivity contribution in [2.24, 2.45) is 0 Å². The van der Waals surface area contributed by atoms with E-state index in [1.54, 1.807) is 0 Å². The maximum absolute atomic E-state index is 5.03. The highest BCUT2D eigenvalue weighted by Crippen LogP contribution is 2.39. The van der Waals surface area contributed by atoms with Crippen LogP contribution in [0.4, 0.5) is 5.13 Å². The zero-order valence-corrected chi connectivity index (χ0v) is 14.3. The number of rotatable bonds is 3. The molecule has 20 heavy (non-hydrogen) atoms. The van der Waals surface area contributed by atoms with Crippen LogP contribution in [0.1, 0.15) is 50.2 Å². The van der Waals surface area contributed by atoms with E-state index in [1.807, 2.05) is 11.3 Å². The Bertz CT molecular complexity index is 460. The fourth-order valence-electron chi connectivity index (χ4n) is 3.18. The summed E-state index contributed by atoms with van der Waals surface area (Å²) in [6.45, 7) is 9.06. The Kier molecular flexibility index (Phi) is 4.58. The summed E-state index contributed by atoms with van der Waals surface area (Å²) in [5.41, 5.74) is 1.34. The quantitative estimate of drug-likeness (QED) is 0.925. The van der Waals surface area contributed by atoms with Crippen molar-refractivity contribution >= 4 is 28.2 Å². The molecule has 1 saturated heterocycles. The Morgan fingerprint density at radius 1 is 1.40 bits per heavy atom. The topological polar surface area (TPSA) is 28.2 Å². The molecule has 2 aliphatic rings. The van der Waals surface area contributed by atoms with Gasteiger partial charge in [0.05, 0.1) is 11.7 Å². The molecule has 2 heterocycles. The summed E-state index contributed by atoms with van der Waals surface area (Å²) >= 11 is 4.03. The maximum Gasteiger partial charge on any atom is 0.186 e. The van der Waals surface area contributed by atoms with Crippen LogP contribution in [0.2, 0.25) is 0 Å². The van der Waals surface area contributed by atoms with Gasteiger partial charge in [-0.2, -0.15) is 11.8 Å². The summed E-state index contributed by atoms with van der Waals surface area (Å²) in [7, 11) is 0. The molecule has 5 heteroatoms. The van der Waals surface area contributed by atoms with E-state index in [1.165, 1.54) is 40.7 Å². The summed E-state index contributed by atoms with van der Waals surface area (Å²) < 4.78 is 0. The number of fused-ring (bicyclic) bond motifs is 1. The summed E-state index contributed by atoms with van der Waals surface area (Å²) in [5, 5.41) is 5.56. The van der Waals surface area contributed by atoms with E-state index in [9.17, 15) is 0 Å². The van der Waals surface area contributed by atoms with Crippen LogP contribution in [0.25, 0.3) is 0 Å². The fraction of sp³-hybridized carbons (Fsp3) is 0.800. The first-order chi connectivity index (χ1) is 9.70. The average molecular weight is 312 g/mol. The first kappa shape index (κ1) is 14.7. The number of nitrogens with one attached hydrogen (secondary N) is 1. The van der Waals surface area contributed by atoms with Crippen LogP contribution in [0, 0.1) is 0 Å². The number of anilines is 1. The zero-order chi connectivity index (χ0) is 14.1. The van der Waals surface area contributed by atoms with Crippen LogP contribution in [0.15, 0.2) is 0 Å². The predicted octanol–water partition coefficient (Wildman–Crippen LogP) is 3.46. The van der Waals surface area contributed by atoms with Gasteiger partial charge in [-0.1, -0.05) is 13.8 Å². The third kappa shape index (κ3) is 2.72. The average Bonchev–Trinajstić information content (AvgIpc) is 2.87. The van der Waals surface area contributed by atoms with Crippen LogP contribution < -0.4 is 10.2 Å². The number of aryl methyl sites for hydroxylation is 1. The monoisotopic (exact) mass is 311 g/mol. The normalized spacial score (nSPS) is 30.4. The van der Waals surface area contributed by atoms with Gasteiger partial charge in [-0.15, -0.1) is 11.3 Å². The van der Waals surface area contributed by atoms with Crippen LogP contribution in [0.5, 0.6) is 0 Å². The molecule has 1 aromatic heterocycles. The summed E-state index contributed by atoms with van der Waals surface area (Å²) in [6, 6.07) is 1.08. The van der Waals surface area contributed by atoms with E-state index < -0.39 is 0 Å². The first-order valence-corrected chi connectivity index (χ1v) is 9.68. The number of nitrogens with zero attached hydrogens (tertiary/aromatic N) is 2. The summed E-state index contributed by atoms with van der Waals surface area (Å²) in [4.78, 5) is 9.09. The molecular weight excluding hydrogens is 286 g/mol. The lowest BCUT2D eigenvalue weighted by molar-refractivity contribution is 0.465. The van der Waals surface area contributed by atoms with Gasteiger partial charge in [0.15, 0.2) is 5.13 Å². The molecule has 1 N–H and O–H groups in total. The van der Waals surface area contributed by atoms with Crippen molar-refractivity contribution in [1.29, 1.82) is 0 Å². The second kappa shape index (κ2) is 6.24. The molecule has 1 aliphatic heterocycles.